The monoisotopic (exact) mass is 412 g/mol. The first kappa shape index (κ1) is 20.5. The van der Waals surface area contributed by atoms with Gasteiger partial charge in [0, 0.05) is 5.56 Å². The third-order valence-corrected chi connectivity index (χ3v) is 9.99. The molecule has 0 unspecified atom stereocenters. The lowest BCUT2D eigenvalue weighted by atomic mass is 10.2. The maximum absolute atomic E-state index is 14.9. The molecule has 0 aromatic heterocycles. The molecule has 150 valence electrons. The summed E-state index contributed by atoms with van der Waals surface area (Å²) in [5.41, 5.74) is 4.46. The zero-order valence-electron chi connectivity index (χ0n) is 17.8. The number of hydrogen-bond acceptors (Lipinski definition) is 0. The number of benzene rings is 4. The van der Waals surface area contributed by atoms with Gasteiger partial charge in [-0.1, -0.05) is 54.6 Å². The fraction of sp³-hybridized carbons (Fsp3) is 0.143. The SMILES string of the molecule is Cc1cccc([P+](Cc2ccccc2[18F])(c2cccc(C)c2)c2cccc(C)c2)c1. The Labute approximate surface area is 179 Å². The third-order valence-electron chi connectivity index (χ3n) is 5.69. The first-order valence-electron chi connectivity index (χ1n) is 10.3. The molecule has 30 heavy (non-hydrogen) atoms. The zero-order chi connectivity index (χ0) is 21.1. The number of halogens is 1. The quantitative estimate of drug-likeness (QED) is 0.340. The smallest absolute Gasteiger partial charge is 0.130 e. The molecule has 0 saturated heterocycles. The Morgan fingerprint density at radius 1 is 0.567 bits per heavy atom. The zero-order valence-corrected chi connectivity index (χ0v) is 18.7. The van der Waals surface area contributed by atoms with Crippen molar-refractivity contribution in [3.05, 3.63) is 125 Å². The standard InChI is InChI=1S/C28H27FP/c1-21-9-6-13-25(17-21)30(26-14-7-10-22(2)18-26,27-15-8-11-23(3)19-27)20-24-12-4-5-16-28(24)29/h4-19H,20H2,1-3H3/q+1/i29-1. The van der Waals surface area contributed by atoms with Crippen molar-refractivity contribution < 1.29 is 4.39 Å². The van der Waals surface area contributed by atoms with Crippen LogP contribution in [0.1, 0.15) is 22.3 Å². The lowest BCUT2D eigenvalue weighted by Gasteiger charge is -2.28. The largest absolute Gasteiger partial charge is 0.207 e. The van der Waals surface area contributed by atoms with Crippen molar-refractivity contribution in [1.82, 2.24) is 0 Å². The van der Waals surface area contributed by atoms with Crippen LogP contribution in [0.25, 0.3) is 0 Å². The Morgan fingerprint density at radius 2 is 1.00 bits per heavy atom. The van der Waals surface area contributed by atoms with Gasteiger partial charge in [0.25, 0.3) is 0 Å². The minimum atomic E-state index is -2.12. The first-order chi connectivity index (χ1) is 14.5. The molecule has 4 aromatic carbocycles. The lowest BCUT2D eigenvalue weighted by molar-refractivity contribution is 0.617. The summed E-state index contributed by atoms with van der Waals surface area (Å²) in [5, 5.41) is 3.88. The summed E-state index contributed by atoms with van der Waals surface area (Å²) in [7, 11) is -2.12. The van der Waals surface area contributed by atoms with Gasteiger partial charge >= 0.3 is 0 Å². The highest BCUT2D eigenvalue weighted by Crippen LogP contribution is 2.58. The van der Waals surface area contributed by atoms with Crippen molar-refractivity contribution in [3.63, 3.8) is 0 Å². The molecule has 0 bridgehead atoms. The Kier molecular flexibility index (Phi) is 5.84. The highest BCUT2D eigenvalue weighted by molar-refractivity contribution is 7.95. The summed E-state index contributed by atoms with van der Waals surface area (Å²) in [6.07, 6.45) is 0.663. The van der Waals surface area contributed by atoms with Crippen LogP contribution in [-0.4, -0.2) is 0 Å². The summed E-state index contributed by atoms with van der Waals surface area (Å²) >= 11 is 0. The summed E-state index contributed by atoms with van der Waals surface area (Å²) < 4.78 is 14.9. The van der Waals surface area contributed by atoms with Gasteiger partial charge < -0.3 is 0 Å². The van der Waals surface area contributed by atoms with Gasteiger partial charge in [0.05, 0.1) is 0 Å². The first-order valence-corrected chi connectivity index (χ1v) is 12.3. The fourth-order valence-corrected chi connectivity index (χ4v) is 8.70. The lowest BCUT2D eigenvalue weighted by Crippen LogP contribution is -2.33. The predicted octanol–water partition coefficient (Wildman–Crippen LogP) is 6.25. The second kappa shape index (κ2) is 8.54. The normalized spacial score (nSPS) is 11.5. The van der Waals surface area contributed by atoms with Gasteiger partial charge in [0.15, 0.2) is 0 Å². The molecule has 4 rings (SSSR count). The van der Waals surface area contributed by atoms with Gasteiger partial charge in [0.2, 0.25) is 0 Å². The summed E-state index contributed by atoms with van der Waals surface area (Å²) in [6, 6.07) is 33.6. The van der Waals surface area contributed by atoms with Gasteiger partial charge in [0.1, 0.15) is 35.2 Å². The van der Waals surface area contributed by atoms with E-state index in [0.717, 1.165) is 5.56 Å². The van der Waals surface area contributed by atoms with Crippen molar-refractivity contribution in [2.24, 2.45) is 0 Å². The molecule has 2 heteroatoms. The molecule has 0 aliphatic rings. The second-order valence-corrected chi connectivity index (χ2v) is 11.6. The van der Waals surface area contributed by atoms with E-state index in [9.17, 15) is 4.39 Å². The highest BCUT2D eigenvalue weighted by atomic mass is 31.2. The van der Waals surface area contributed by atoms with Crippen LogP contribution in [-0.2, 0) is 6.16 Å². The molecule has 0 aliphatic heterocycles. The number of rotatable bonds is 5. The van der Waals surface area contributed by atoms with Crippen molar-refractivity contribution in [1.29, 1.82) is 0 Å². The average Bonchev–Trinajstić information content (AvgIpc) is 2.73. The van der Waals surface area contributed by atoms with Crippen molar-refractivity contribution in [3.8, 4) is 0 Å². The Bertz CT molecular complexity index is 1070. The van der Waals surface area contributed by atoms with E-state index in [2.05, 4.69) is 93.6 Å². The van der Waals surface area contributed by atoms with E-state index < -0.39 is 7.26 Å². The van der Waals surface area contributed by atoms with Crippen LogP contribution in [0, 0.1) is 26.6 Å². The molecule has 4 aromatic rings. The molecule has 0 N–H and O–H groups in total. The van der Waals surface area contributed by atoms with Gasteiger partial charge in [-0.2, -0.15) is 0 Å². The van der Waals surface area contributed by atoms with E-state index in [-0.39, 0.29) is 5.82 Å². The molecule has 0 nitrogen and oxygen atoms in total. The van der Waals surface area contributed by atoms with E-state index in [4.69, 9.17) is 0 Å². The molecule has 0 saturated carbocycles. The third kappa shape index (κ3) is 3.95. The van der Waals surface area contributed by atoms with Crippen LogP contribution >= 0.6 is 7.26 Å². The molecule has 0 radical (unpaired) electrons. The van der Waals surface area contributed by atoms with Crippen molar-refractivity contribution in [2.75, 3.05) is 0 Å². The maximum Gasteiger partial charge on any atom is 0.130 e. The van der Waals surface area contributed by atoms with Crippen LogP contribution in [0.2, 0.25) is 0 Å². The van der Waals surface area contributed by atoms with Crippen LogP contribution in [0.3, 0.4) is 0 Å². The molecule has 0 spiro atoms. The molecular formula is C28H27FP+. The number of aryl methyl sites for hydroxylation is 3. The Morgan fingerprint density at radius 3 is 1.40 bits per heavy atom. The molecule has 0 heterocycles. The molecule has 0 fully saturated rings. The van der Waals surface area contributed by atoms with Gasteiger partial charge in [-0.15, -0.1) is 0 Å². The average molecular weight is 412 g/mol. The van der Waals surface area contributed by atoms with Crippen molar-refractivity contribution >= 4 is 23.2 Å². The van der Waals surface area contributed by atoms with Gasteiger partial charge in [-0.05, 0) is 79.9 Å². The molecule has 0 amide bonds. The van der Waals surface area contributed by atoms with E-state index in [1.165, 1.54) is 32.6 Å². The minimum Gasteiger partial charge on any atom is -0.207 e. The van der Waals surface area contributed by atoms with Crippen molar-refractivity contribution in [2.45, 2.75) is 26.9 Å². The van der Waals surface area contributed by atoms with Crippen LogP contribution in [0.15, 0.2) is 97.1 Å². The number of hydrogen-bond donors (Lipinski definition) is 0. The van der Waals surface area contributed by atoms with E-state index in [0.29, 0.717) is 6.16 Å². The minimum absolute atomic E-state index is 0.130. The summed E-state index contributed by atoms with van der Waals surface area (Å²) in [4.78, 5) is 0. The van der Waals surface area contributed by atoms with Gasteiger partial charge in [-0.25, -0.2) is 4.39 Å². The Balaban J connectivity index is 2.08. The van der Waals surface area contributed by atoms with E-state index in [1.807, 2.05) is 12.1 Å². The Hall–Kier alpha value is -2.76. The summed E-state index contributed by atoms with van der Waals surface area (Å²) in [6.45, 7) is 6.40. The van der Waals surface area contributed by atoms with Crippen LogP contribution in [0.4, 0.5) is 4.39 Å². The molecular weight excluding hydrogens is 385 g/mol. The highest BCUT2D eigenvalue weighted by Gasteiger charge is 2.46. The topological polar surface area (TPSA) is 0 Å². The van der Waals surface area contributed by atoms with Crippen LogP contribution < -0.4 is 15.9 Å². The van der Waals surface area contributed by atoms with E-state index >= 15 is 0 Å². The molecule has 0 aliphatic carbocycles. The second-order valence-electron chi connectivity index (χ2n) is 8.08. The fourth-order valence-electron chi connectivity index (χ4n) is 4.20. The van der Waals surface area contributed by atoms with Gasteiger partial charge in [-0.3, -0.25) is 0 Å². The maximum atomic E-state index is 14.9. The van der Waals surface area contributed by atoms with Crippen LogP contribution in [0.5, 0.6) is 0 Å². The predicted molar refractivity (Wildman–Crippen MR) is 129 cm³/mol. The van der Waals surface area contributed by atoms with E-state index in [1.54, 1.807) is 12.1 Å². The molecule has 0 atom stereocenters. The summed E-state index contributed by atoms with van der Waals surface area (Å²) in [5.74, 6) is -0.130.